The Labute approximate surface area is 86.2 Å². The molecular weight excluding hydrogens is 186 g/mol. The highest BCUT2D eigenvalue weighted by Gasteiger charge is 2.21. The van der Waals surface area contributed by atoms with Gasteiger partial charge in [-0.05, 0) is 38.3 Å². The van der Waals surface area contributed by atoms with Gasteiger partial charge in [0.1, 0.15) is 0 Å². The molecule has 1 aliphatic heterocycles. The highest BCUT2D eigenvalue weighted by Crippen LogP contribution is 2.16. The van der Waals surface area contributed by atoms with Gasteiger partial charge in [-0.2, -0.15) is 0 Å². The number of nitrogens with zero attached hydrogens (tertiary/aromatic N) is 1. The van der Waals surface area contributed by atoms with E-state index in [0.29, 0.717) is 0 Å². The molecule has 1 rings (SSSR count). The number of halogens is 1. The van der Waals surface area contributed by atoms with Crippen LogP contribution in [0.1, 0.15) is 19.3 Å². The number of ether oxygens (including phenoxy) is 1. The predicted molar refractivity (Wildman–Crippen MR) is 56.4 cm³/mol. The van der Waals surface area contributed by atoms with Gasteiger partial charge in [0.2, 0.25) is 0 Å². The maximum atomic E-state index is 5.63. The van der Waals surface area contributed by atoms with Crippen LogP contribution in [0.5, 0.6) is 0 Å². The van der Waals surface area contributed by atoms with E-state index in [1.165, 1.54) is 32.5 Å². The average Bonchev–Trinajstić information content (AvgIpc) is 2.54. The molecule has 1 fully saturated rings. The minimum Gasteiger partial charge on any atom is -0.384 e. The summed E-state index contributed by atoms with van der Waals surface area (Å²) < 4.78 is 5.15. The quantitative estimate of drug-likeness (QED) is 0.486. The fourth-order valence-electron chi connectivity index (χ4n) is 1.92. The summed E-state index contributed by atoms with van der Waals surface area (Å²) in [4.78, 5) is 2.52. The molecule has 0 amide bonds. The smallest absolute Gasteiger partial charge is 0.0503 e. The highest BCUT2D eigenvalue weighted by molar-refractivity contribution is 6.17. The first-order valence-electron chi connectivity index (χ1n) is 5.14. The molecule has 1 saturated heterocycles. The van der Waals surface area contributed by atoms with Crippen molar-refractivity contribution >= 4 is 11.6 Å². The van der Waals surface area contributed by atoms with Gasteiger partial charge in [0.15, 0.2) is 0 Å². The molecule has 0 saturated carbocycles. The van der Waals surface area contributed by atoms with Gasteiger partial charge in [0.05, 0.1) is 6.61 Å². The van der Waals surface area contributed by atoms with Gasteiger partial charge in [-0.25, -0.2) is 0 Å². The summed E-state index contributed by atoms with van der Waals surface area (Å²) in [6.07, 6.45) is 3.69. The van der Waals surface area contributed by atoms with Crippen LogP contribution >= 0.6 is 11.6 Å². The Bertz CT molecular complexity index is 132. The lowest BCUT2D eigenvalue weighted by Gasteiger charge is -2.14. The van der Waals surface area contributed by atoms with Gasteiger partial charge in [0.25, 0.3) is 0 Å². The van der Waals surface area contributed by atoms with Crippen molar-refractivity contribution in [3.8, 4) is 0 Å². The maximum Gasteiger partial charge on any atom is 0.0503 e. The second-order valence-corrected chi connectivity index (χ2v) is 4.18. The molecular formula is C10H20ClNO. The Morgan fingerprint density at radius 3 is 3.00 bits per heavy atom. The molecule has 0 aliphatic carbocycles. The van der Waals surface area contributed by atoms with E-state index >= 15 is 0 Å². The Balaban J connectivity index is 2.03. The van der Waals surface area contributed by atoms with E-state index in [4.69, 9.17) is 16.3 Å². The monoisotopic (exact) mass is 205 g/mol. The van der Waals surface area contributed by atoms with Crippen molar-refractivity contribution in [2.45, 2.75) is 19.3 Å². The van der Waals surface area contributed by atoms with Gasteiger partial charge in [0, 0.05) is 19.5 Å². The molecule has 1 unspecified atom stereocenters. The van der Waals surface area contributed by atoms with E-state index in [1.807, 2.05) is 0 Å². The van der Waals surface area contributed by atoms with Crippen LogP contribution in [0.2, 0.25) is 0 Å². The van der Waals surface area contributed by atoms with Gasteiger partial charge in [-0.3, -0.25) is 0 Å². The van der Waals surface area contributed by atoms with Crippen molar-refractivity contribution < 1.29 is 4.74 Å². The Morgan fingerprint density at radius 2 is 2.31 bits per heavy atom. The lowest BCUT2D eigenvalue weighted by molar-refractivity contribution is 0.153. The molecule has 0 N–H and O–H groups in total. The number of alkyl halides is 1. The zero-order valence-corrected chi connectivity index (χ0v) is 9.22. The molecule has 0 aromatic rings. The first kappa shape index (κ1) is 11.3. The van der Waals surface area contributed by atoms with Crippen molar-refractivity contribution in [1.82, 2.24) is 4.90 Å². The summed E-state index contributed by atoms with van der Waals surface area (Å²) in [6, 6.07) is 0. The van der Waals surface area contributed by atoms with Crippen LogP contribution in [-0.2, 0) is 4.74 Å². The minimum absolute atomic E-state index is 0.765. The number of unbranched alkanes of at least 4 members (excludes halogenated alkanes) is 1. The van der Waals surface area contributed by atoms with Crippen LogP contribution < -0.4 is 0 Å². The average molecular weight is 206 g/mol. The van der Waals surface area contributed by atoms with Crippen LogP contribution in [-0.4, -0.2) is 44.1 Å². The van der Waals surface area contributed by atoms with Crippen molar-refractivity contribution in [2.75, 3.05) is 39.2 Å². The van der Waals surface area contributed by atoms with Crippen LogP contribution in [0.3, 0.4) is 0 Å². The standard InChI is InChI=1S/C10H20ClNO/c1-13-9-10-4-7-12(8-10)6-3-2-5-11/h10H,2-9H2,1H3. The summed E-state index contributed by atoms with van der Waals surface area (Å²) in [6.45, 7) is 4.60. The SMILES string of the molecule is COCC1CCN(CCCCCl)C1. The first-order chi connectivity index (χ1) is 6.36. The lowest BCUT2D eigenvalue weighted by Crippen LogP contribution is -2.23. The number of likely N-dealkylation sites (tertiary alicyclic amines) is 1. The molecule has 0 spiro atoms. The fourth-order valence-corrected chi connectivity index (χ4v) is 2.11. The Hall–Kier alpha value is 0.210. The third kappa shape index (κ3) is 4.30. The van der Waals surface area contributed by atoms with Crippen LogP contribution in [0.15, 0.2) is 0 Å². The molecule has 2 nitrogen and oxygen atoms in total. The van der Waals surface area contributed by atoms with E-state index < -0.39 is 0 Å². The van der Waals surface area contributed by atoms with Crippen molar-refractivity contribution in [3.05, 3.63) is 0 Å². The minimum atomic E-state index is 0.765. The molecule has 0 radical (unpaired) electrons. The summed E-state index contributed by atoms with van der Waals surface area (Å²) in [5, 5.41) is 0. The van der Waals surface area contributed by atoms with E-state index in [1.54, 1.807) is 7.11 Å². The molecule has 1 heterocycles. The third-order valence-corrected chi connectivity index (χ3v) is 2.90. The molecule has 1 aliphatic rings. The largest absolute Gasteiger partial charge is 0.384 e. The second-order valence-electron chi connectivity index (χ2n) is 3.81. The van der Waals surface area contributed by atoms with Crippen LogP contribution in [0.4, 0.5) is 0 Å². The summed E-state index contributed by atoms with van der Waals surface area (Å²) in [7, 11) is 1.79. The van der Waals surface area contributed by atoms with E-state index in [0.717, 1.165) is 24.8 Å². The molecule has 0 aromatic carbocycles. The Kier molecular flexibility index (Phi) is 5.76. The van der Waals surface area contributed by atoms with Crippen molar-refractivity contribution in [1.29, 1.82) is 0 Å². The third-order valence-electron chi connectivity index (χ3n) is 2.63. The van der Waals surface area contributed by atoms with Crippen molar-refractivity contribution in [3.63, 3.8) is 0 Å². The molecule has 3 heteroatoms. The Morgan fingerprint density at radius 1 is 1.46 bits per heavy atom. The van der Waals surface area contributed by atoms with Crippen LogP contribution in [0, 0.1) is 5.92 Å². The summed E-state index contributed by atoms with van der Waals surface area (Å²) in [5.74, 6) is 1.57. The van der Waals surface area contributed by atoms with E-state index in [-0.39, 0.29) is 0 Å². The topological polar surface area (TPSA) is 12.5 Å². The van der Waals surface area contributed by atoms with Gasteiger partial charge in [-0.1, -0.05) is 0 Å². The summed E-state index contributed by atoms with van der Waals surface area (Å²) >= 11 is 5.63. The fraction of sp³-hybridized carbons (Fsp3) is 1.00. The maximum absolute atomic E-state index is 5.63. The van der Waals surface area contributed by atoms with Gasteiger partial charge in [-0.15, -0.1) is 11.6 Å². The zero-order valence-electron chi connectivity index (χ0n) is 8.47. The highest BCUT2D eigenvalue weighted by atomic mass is 35.5. The second kappa shape index (κ2) is 6.63. The predicted octanol–water partition coefficient (Wildman–Crippen LogP) is 1.97. The molecule has 78 valence electrons. The molecule has 0 aromatic heterocycles. The zero-order chi connectivity index (χ0) is 9.52. The number of hydrogen-bond acceptors (Lipinski definition) is 2. The van der Waals surface area contributed by atoms with Gasteiger partial charge < -0.3 is 9.64 Å². The molecule has 0 bridgehead atoms. The van der Waals surface area contributed by atoms with Crippen molar-refractivity contribution in [2.24, 2.45) is 5.92 Å². The number of methoxy groups -OCH3 is 1. The van der Waals surface area contributed by atoms with E-state index in [9.17, 15) is 0 Å². The first-order valence-corrected chi connectivity index (χ1v) is 5.67. The van der Waals surface area contributed by atoms with Gasteiger partial charge >= 0.3 is 0 Å². The molecule has 1 atom stereocenters. The lowest BCUT2D eigenvalue weighted by atomic mass is 10.1. The summed E-state index contributed by atoms with van der Waals surface area (Å²) in [5.41, 5.74) is 0. The van der Waals surface area contributed by atoms with E-state index in [2.05, 4.69) is 4.90 Å². The molecule has 13 heavy (non-hydrogen) atoms. The number of hydrogen-bond donors (Lipinski definition) is 0. The van der Waals surface area contributed by atoms with Crippen LogP contribution in [0.25, 0.3) is 0 Å². The number of rotatable bonds is 6. The normalized spacial score (nSPS) is 24.0.